The molecule has 1 aromatic carbocycles. The van der Waals surface area contributed by atoms with Gasteiger partial charge < -0.3 is 10.0 Å². The van der Waals surface area contributed by atoms with Gasteiger partial charge in [0.25, 0.3) is 0 Å². The van der Waals surface area contributed by atoms with E-state index in [1.807, 2.05) is 28.5 Å². The number of benzene rings is 1. The zero-order valence-electron chi connectivity index (χ0n) is 11.7. The molecule has 3 aromatic rings. The number of aromatic nitrogens is 1. The molecule has 2 heterocycles. The van der Waals surface area contributed by atoms with Crippen LogP contribution in [0.2, 0.25) is 0 Å². The Morgan fingerprint density at radius 2 is 2.14 bits per heavy atom. The molecule has 0 radical (unpaired) electrons. The summed E-state index contributed by atoms with van der Waals surface area (Å²) in [5.41, 5.74) is 1.77. The van der Waals surface area contributed by atoms with Crippen LogP contribution >= 0.6 is 27.3 Å². The smallest absolute Gasteiger partial charge is 0.139 e. The summed E-state index contributed by atoms with van der Waals surface area (Å²) in [7, 11) is 0. The molecule has 0 saturated heterocycles. The summed E-state index contributed by atoms with van der Waals surface area (Å²) < 4.78 is 14.1. The second-order valence-electron chi connectivity index (χ2n) is 4.91. The van der Waals surface area contributed by atoms with Gasteiger partial charge in [0.05, 0.1) is 16.6 Å². The lowest BCUT2D eigenvalue weighted by Crippen LogP contribution is -2.26. The van der Waals surface area contributed by atoms with Crippen LogP contribution in [-0.2, 0) is 6.54 Å². The zero-order chi connectivity index (χ0) is 15.5. The molecule has 3 nitrogen and oxygen atoms in total. The summed E-state index contributed by atoms with van der Waals surface area (Å²) in [6.45, 7) is 1.19. The summed E-state index contributed by atoms with van der Waals surface area (Å²) in [4.78, 5) is 6.52. The lowest BCUT2D eigenvalue weighted by Gasteiger charge is -2.22. The van der Waals surface area contributed by atoms with Crippen LogP contribution < -0.4 is 4.90 Å². The van der Waals surface area contributed by atoms with E-state index in [1.54, 1.807) is 17.4 Å². The number of aliphatic hydroxyl groups excluding tert-OH is 1. The van der Waals surface area contributed by atoms with Gasteiger partial charge in [-0.15, -0.1) is 0 Å². The molecule has 0 fully saturated rings. The van der Waals surface area contributed by atoms with Crippen LogP contribution in [0.4, 0.5) is 10.2 Å². The van der Waals surface area contributed by atoms with Crippen molar-refractivity contribution in [2.45, 2.75) is 6.54 Å². The van der Waals surface area contributed by atoms with Crippen LogP contribution in [-0.4, -0.2) is 23.2 Å². The van der Waals surface area contributed by atoms with E-state index in [-0.39, 0.29) is 12.4 Å². The maximum atomic E-state index is 13.7. The highest BCUT2D eigenvalue weighted by atomic mass is 79.9. The van der Waals surface area contributed by atoms with Crippen LogP contribution in [0.1, 0.15) is 5.56 Å². The molecule has 1 N–H and O–H groups in total. The Morgan fingerprint density at radius 1 is 1.27 bits per heavy atom. The highest BCUT2D eigenvalue weighted by Gasteiger charge is 2.11. The molecular weight excluding hydrogens is 367 g/mol. The first kappa shape index (κ1) is 15.4. The van der Waals surface area contributed by atoms with Crippen molar-refractivity contribution in [2.24, 2.45) is 0 Å². The van der Waals surface area contributed by atoms with Gasteiger partial charge in [-0.05, 0) is 56.5 Å². The topological polar surface area (TPSA) is 36.4 Å². The summed E-state index contributed by atoms with van der Waals surface area (Å²) in [5.74, 6) is 0.401. The predicted molar refractivity (Wildman–Crippen MR) is 91.9 cm³/mol. The van der Waals surface area contributed by atoms with Gasteiger partial charge in [-0.1, -0.05) is 0 Å². The number of halogens is 2. The Balaban J connectivity index is 1.96. The molecule has 6 heteroatoms. The van der Waals surface area contributed by atoms with E-state index in [1.165, 1.54) is 11.6 Å². The molecule has 0 aliphatic heterocycles. The van der Waals surface area contributed by atoms with Crippen LogP contribution in [0.15, 0.2) is 45.6 Å². The standard InChI is InChI=1S/C16H14BrFN2OS/c17-13-7-12-1-2-16(19-15(12)8-14(13)18)20(4-5-21)9-11-3-6-22-10-11/h1-3,6-8,10,21H,4-5,9H2. The van der Waals surface area contributed by atoms with Crippen molar-refractivity contribution in [3.05, 3.63) is 56.9 Å². The van der Waals surface area contributed by atoms with Gasteiger partial charge >= 0.3 is 0 Å². The SMILES string of the molecule is OCCN(Cc1ccsc1)c1ccc2cc(Br)c(F)cc2n1. The maximum absolute atomic E-state index is 13.7. The largest absolute Gasteiger partial charge is 0.395 e. The van der Waals surface area contributed by atoms with Crippen molar-refractivity contribution in [3.8, 4) is 0 Å². The monoisotopic (exact) mass is 380 g/mol. The summed E-state index contributed by atoms with van der Waals surface area (Å²) >= 11 is 4.82. The van der Waals surface area contributed by atoms with E-state index in [0.29, 0.717) is 23.1 Å². The zero-order valence-corrected chi connectivity index (χ0v) is 14.1. The van der Waals surface area contributed by atoms with E-state index in [0.717, 1.165) is 11.2 Å². The number of rotatable bonds is 5. The molecular formula is C16H14BrFN2OS. The lowest BCUT2D eigenvalue weighted by atomic mass is 10.2. The molecule has 0 atom stereocenters. The van der Waals surface area contributed by atoms with E-state index in [4.69, 9.17) is 0 Å². The van der Waals surface area contributed by atoms with E-state index < -0.39 is 0 Å². The third-order valence-electron chi connectivity index (χ3n) is 3.36. The Labute approximate surface area is 140 Å². The van der Waals surface area contributed by atoms with Crippen LogP contribution in [0.5, 0.6) is 0 Å². The van der Waals surface area contributed by atoms with E-state index >= 15 is 0 Å². The lowest BCUT2D eigenvalue weighted by molar-refractivity contribution is 0.301. The fraction of sp³-hybridized carbons (Fsp3) is 0.188. The van der Waals surface area contributed by atoms with Crippen molar-refractivity contribution in [1.29, 1.82) is 0 Å². The second-order valence-corrected chi connectivity index (χ2v) is 6.54. The van der Waals surface area contributed by atoms with Gasteiger partial charge in [-0.2, -0.15) is 11.3 Å². The fourth-order valence-electron chi connectivity index (χ4n) is 2.28. The number of nitrogens with zero attached hydrogens (tertiary/aromatic N) is 2. The first-order valence-corrected chi connectivity index (χ1v) is 8.53. The minimum atomic E-state index is -0.330. The molecule has 0 spiro atoms. The number of pyridine rings is 1. The summed E-state index contributed by atoms with van der Waals surface area (Å²) in [6.07, 6.45) is 0. The number of hydrogen-bond acceptors (Lipinski definition) is 4. The van der Waals surface area contributed by atoms with Crippen LogP contribution in [0, 0.1) is 5.82 Å². The quantitative estimate of drug-likeness (QED) is 0.720. The Hall–Kier alpha value is -1.50. The van der Waals surface area contributed by atoms with Gasteiger partial charge in [-0.25, -0.2) is 9.37 Å². The Kier molecular flexibility index (Phi) is 4.71. The molecule has 0 bridgehead atoms. The van der Waals surface area contributed by atoms with E-state index in [9.17, 15) is 9.50 Å². The van der Waals surface area contributed by atoms with Crippen molar-refractivity contribution >= 4 is 44.0 Å². The van der Waals surface area contributed by atoms with Gasteiger partial charge in [0.1, 0.15) is 11.6 Å². The number of aliphatic hydroxyl groups is 1. The summed E-state index contributed by atoms with van der Waals surface area (Å²) in [6, 6.07) is 9.00. The molecule has 22 heavy (non-hydrogen) atoms. The average Bonchev–Trinajstić information content (AvgIpc) is 3.01. The highest BCUT2D eigenvalue weighted by Crippen LogP contribution is 2.25. The van der Waals surface area contributed by atoms with Gasteiger partial charge in [0.15, 0.2) is 0 Å². The average molecular weight is 381 g/mol. The first-order chi connectivity index (χ1) is 10.7. The molecule has 3 rings (SSSR count). The number of fused-ring (bicyclic) bond motifs is 1. The van der Waals surface area contributed by atoms with Gasteiger partial charge in [0, 0.05) is 24.5 Å². The van der Waals surface area contributed by atoms with Crippen molar-refractivity contribution in [3.63, 3.8) is 0 Å². The Morgan fingerprint density at radius 3 is 2.86 bits per heavy atom. The third-order valence-corrected chi connectivity index (χ3v) is 4.70. The maximum Gasteiger partial charge on any atom is 0.139 e. The van der Waals surface area contributed by atoms with Crippen molar-refractivity contribution in [2.75, 3.05) is 18.1 Å². The Bertz CT molecular complexity index is 779. The molecule has 0 saturated carbocycles. The van der Waals surface area contributed by atoms with Gasteiger partial charge in [-0.3, -0.25) is 0 Å². The van der Waals surface area contributed by atoms with Crippen LogP contribution in [0.3, 0.4) is 0 Å². The predicted octanol–water partition coefficient (Wildman–Crippen LogP) is 4.20. The third kappa shape index (κ3) is 3.29. The molecule has 0 amide bonds. The summed E-state index contributed by atoms with van der Waals surface area (Å²) in [5, 5.41) is 14.3. The molecule has 2 aromatic heterocycles. The van der Waals surface area contributed by atoms with Crippen LogP contribution in [0.25, 0.3) is 10.9 Å². The molecule has 0 unspecified atom stereocenters. The van der Waals surface area contributed by atoms with Crippen molar-refractivity contribution < 1.29 is 9.50 Å². The molecule has 0 aliphatic carbocycles. The second kappa shape index (κ2) is 6.73. The first-order valence-electron chi connectivity index (χ1n) is 6.80. The minimum Gasteiger partial charge on any atom is -0.395 e. The minimum absolute atomic E-state index is 0.0402. The fourth-order valence-corrected chi connectivity index (χ4v) is 3.30. The van der Waals surface area contributed by atoms with E-state index in [2.05, 4.69) is 26.3 Å². The molecule has 0 aliphatic rings. The number of anilines is 1. The normalized spacial score (nSPS) is 11.0. The van der Waals surface area contributed by atoms with Gasteiger partial charge in [0.2, 0.25) is 0 Å². The van der Waals surface area contributed by atoms with Crippen molar-refractivity contribution in [1.82, 2.24) is 4.98 Å². The highest BCUT2D eigenvalue weighted by molar-refractivity contribution is 9.10. The number of hydrogen-bond donors (Lipinski definition) is 1. The number of thiophene rings is 1. The molecule has 114 valence electrons.